The van der Waals surface area contributed by atoms with Crippen LogP contribution in [0.2, 0.25) is 0 Å². The molecule has 0 aliphatic carbocycles. The molecular weight excluding hydrogens is 146 g/mol. The maximum absolute atomic E-state index is 10.7. The Balaban J connectivity index is 3.93. The van der Waals surface area contributed by atoms with Gasteiger partial charge in [-0.25, -0.2) is 0 Å². The number of aliphatic hydroxyl groups is 1. The molecule has 0 bridgehead atoms. The van der Waals surface area contributed by atoms with E-state index in [0.29, 0.717) is 0 Å². The Kier molecular flexibility index (Phi) is 3.74. The van der Waals surface area contributed by atoms with Crippen LogP contribution < -0.4 is 5.73 Å². The van der Waals surface area contributed by atoms with Crippen molar-refractivity contribution in [3.63, 3.8) is 0 Å². The van der Waals surface area contributed by atoms with Gasteiger partial charge in [0.25, 0.3) is 5.91 Å². The fourth-order valence-corrected chi connectivity index (χ4v) is 0.718. The lowest BCUT2D eigenvalue weighted by molar-refractivity contribution is -0.141. The zero-order valence-electron chi connectivity index (χ0n) is 6.70. The molecule has 0 aliphatic heterocycles. The number of primary amides is 1. The van der Waals surface area contributed by atoms with Gasteiger partial charge in [-0.1, -0.05) is 13.8 Å². The number of rotatable bonds is 4. The summed E-state index contributed by atoms with van der Waals surface area (Å²) in [6, 6.07) is 0. The third-order valence-corrected chi connectivity index (χ3v) is 1.24. The fraction of sp³-hybridized carbons (Fsp3) is 0.714. The molecule has 1 atom stereocenters. The molecule has 0 aromatic carbocycles. The SMILES string of the molecule is CC(C)CC(O)C(=O)C(N)=O. The van der Waals surface area contributed by atoms with Gasteiger partial charge >= 0.3 is 0 Å². The minimum atomic E-state index is -1.23. The first-order chi connectivity index (χ1) is 4.95. The summed E-state index contributed by atoms with van der Waals surface area (Å²) in [6.07, 6.45) is -0.950. The van der Waals surface area contributed by atoms with E-state index in [1.54, 1.807) is 0 Å². The molecule has 3 N–H and O–H groups in total. The normalized spacial score (nSPS) is 13.1. The van der Waals surface area contributed by atoms with Crippen molar-refractivity contribution in [1.82, 2.24) is 0 Å². The molecule has 0 saturated heterocycles. The number of nitrogens with two attached hydrogens (primary N) is 1. The Bertz CT molecular complexity index is 165. The van der Waals surface area contributed by atoms with Crippen molar-refractivity contribution in [2.45, 2.75) is 26.4 Å². The van der Waals surface area contributed by atoms with Gasteiger partial charge in [-0.2, -0.15) is 0 Å². The van der Waals surface area contributed by atoms with E-state index in [-0.39, 0.29) is 12.3 Å². The molecule has 0 heterocycles. The van der Waals surface area contributed by atoms with Crippen molar-refractivity contribution >= 4 is 11.7 Å². The van der Waals surface area contributed by atoms with Gasteiger partial charge in [-0.05, 0) is 12.3 Å². The van der Waals surface area contributed by atoms with E-state index in [1.807, 2.05) is 13.8 Å². The van der Waals surface area contributed by atoms with Crippen LogP contribution >= 0.6 is 0 Å². The van der Waals surface area contributed by atoms with Crippen LogP contribution in [0.3, 0.4) is 0 Å². The number of hydrogen-bond donors (Lipinski definition) is 2. The van der Waals surface area contributed by atoms with Crippen molar-refractivity contribution < 1.29 is 14.7 Å². The first kappa shape index (κ1) is 10.1. The topological polar surface area (TPSA) is 80.4 Å². The highest BCUT2D eigenvalue weighted by molar-refractivity contribution is 6.37. The van der Waals surface area contributed by atoms with E-state index in [4.69, 9.17) is 5.11 Å². The molecule has 0 radical (unpaired) electrons. The Morgan fingerprint density at radius 2 is 1.91 bits per heavy atom. The van der Waals surface area contributed by atoms with Crippen molar-refractivity contribution in [3.8, 4) is 0 Å². The third kappa shape index (κ3) is 3.72. The van der Waals surface area contributed by atoms with E-state index in [1.165, 1.54) is 0 Å². The number of amides is 1. The van der Waals surface area contributed by atoms with Gasteiger partial charge in [-0.3, -0.25) is 9.59 Å². The fourth-order valence-electron chi connectivity index (χ4n) is 0.718. The molecule has 1 amide bonds. The summed E-state index contributed by atoms with van der Waals surface area (Å²) in [6.45, 7) is 3.69. The predicted molar refractivity (Wildman–Crippen MR) is 39.7 cm³/mol. The smallest absolute Gasteiger partial charge is 0.287 e. The summed E-state index contributed by atoms with van der Waals surface area (Å²) in [5.74, 6) is -1.80. The highest BCUT2D eigenvalue weighted by Crippen LogP contribution is 2.04. The van der Waals surface area contributed by atoms with Crippen molar-refractivity contribution in [2.24, 2.45) is 11.7 Å². The summed E-state index contributed by atoms with van der Waals surface area (Å²) in [5.41, 5.74) is 4.66. The van der Waals surface area contributed by atoms with Crippen LogP contribution in [0.1, 0.15) is 20.3 Å². The highest BCUT2D eigenvalue weighted by Gasteiger charge is 2.20. The van der Waals surface area contributed by atoms with E-state index >= 15 is 0 Å². The van der Waals surface area contributed by atoms with Crippen LogP contribution in [0.5, 0.6) is 0 Å². The number of carbonyl (C=O) groups excluding carboxylic acids is 2. The Morgan fingerprint density at radius 1 is 1.45 bits per heavy atom. The Hall–Kier alpha value is -0.900. The van der Waals surface area contributed by atoms with Crippen LogP contribution in [0.4, 0.5) is 0 Å². The van der Waals surface area contributed by atoms with Gasteiger partial charge in [0.2, 0.25) is 5.78 Å². The Morgan fingerprint density at radius 3 is 2.18 bits per heavy atom. The summed E-state index contributed by atoms with van der Waals surface area (Å²) in [7, 11) is 0. The monoisotopic (exact) mass is 159 g/mol. The molecule has 64 valence electrons. The van der Waals surface area contributed by atoms with Crippen LogP contribution in [-0.4, -0.2) is 22.9 Å². The maximum atomic E-state index is 10.7. The van der Waals surface area contributed by atoms with E-state index in [2.05, 4.69) is 5.73 Å². The van der Waals surface area contributed by atoms with E-state index in [9.17, 15) is 9.59 Å². The molecule has 11 heavy (non-hydrogen) atoms. The summed E-state index contributed by atoms with van der Waals surface area (Å²) < 4.78 is 0. The molecule has 4 heteroatoms. The van der Waals surface area contributed by atoms with E-state index in [0.717, 1.165) is 0 Å². The minimum absolute atomic E-state index is 0.174. The lowest BCUT2D eigenvalue weighted by Gasteiger charge is -2.08. The van der Waals surface area contributed by atoms with Crippen molar-refractivity contribution in [3.05, 3.63) is 0 Å². The van der Waals surface area contributed by atoms with Crippen LogP contribution in [0.25, 0.3) is 0 Å². The zero-order chi connectivity index (χ0) is 9.02. The number of hydrogen-bond acceptors (Lipinski definition) is 3. The van der Waals surface area contributed by atoms with Gasteiger partial charge in [-0.15, -0.1) is 0 Å². The third-order valence-electron chi connectivity index (χ3n) is 1.24. The van der Waals surface area contributed by atoms with Crippen LogP contribution in [0.15, 0.2) is 0 Å². The number of ketones is 1. The molecule has 0 spiro atoms. The minimum Gasteiger partial charge on any atom is -0.385 e. The molecule has 0 aliphatic rings. The molecule has 0 rings (SSSR count). The predicted octanol–water partition coefficient (Wildman–Crippen LogP) is -0.552. The lowest BCUT2D eigenvalue weighted by Crippen LogP contribution is -2.34. The van der Waals surface area contributed by atoms with Crippen LogP contribution in [-0.2, 0) is 9.59 Å². The highest BCUT2D eigenvalue weighted by atomic mass is 16.3. The zero-order valence-corrected chi connectivity index (χ0v) is 6.70. The Labute approximate surface area is 65.4 Å². The van der Waals surface area contributed by atoms with Gasteiger partial charge in [0.1, 0.15) is 6.10 Å². The molecule has 4 nitrogen and oxygen atoms in total. The average Bonchev–Trinajstić information content (AvgIpc) is 1.84. The maximum Gasteiger partial charge on any atom is 0.287 e. The molecule has 0 aromatic heterocycles. The molecule has 1 unspecified atom stereocenters. The second kappa shape index (κ2) is 4.08. The second-order valence-corrected chi connectivity index (χ2v) is 2.87. The second-order valence-electron chi connectivity index (χ2n) is 2.87. The average molecular weight is 159 g/mol. The van der Waals surface area contributed by atoms with Gasteiger partial charge in [0, 0.05) is 0 Å². The standard InChI is InChI=1S/C7H13NO3/c1-4(2)3-5(9)6(10)7(8)11/h4-5,9H,3H2,1-2H3,(H2,8,11). The van der Waals surface area contributed by atoms with Crippen LogP contribution in [0, 0.1) is 5.92 Å². The molecule has 0 fully saturated rings. The van der Waals surface area contributed by atoms with Crippen molar-refractivity contribution in [2.75, 3.05) is 0 Å². The first-order valence-corrected chi connectivity index (χ1v) is 3.46. The van der Waals surface area contributed by atoms with Gasteiger partial charge < -0.3 is 10.8 Å². The summed E-state index contributed by atoms with van der Waals surface area (Å²) in [5, 5.41) is 9.01. The van der Waals surface area contributed by atoms with Gasteiger partial charge in [0.05, 0.1) is 0 Å². The molecular formula is C7H13NO3. The number of aliphatic hydroxyl groups excluding tert-OH is 1. The number of Topliss-reactive ketones (excluding diaryl/α,β-unsaturated/α-hetero) is 1. The summed E-state index contributed by atoms with van der Waals surface area (Å²) in [4.78, 5) is 20.9. The van der Waals surface area contributed by atoms with Crippen molar-refractivity contribution in [1.29, 1.82) is 0 Å². The largest absolute Gasteiger partial charge is 0.385 e. The first-order valence-electron chi connectivity index (χ1n) is 3.46. The van der Waals surface area contributed by atoms with Gasteiger partial charge in [0.15, 0.2) is 0 Å². The molecule has 0 aromatic rings. The summed E-state index contributed by atoms with van der Waals surface area (Å²) >= 11 is 0. The number of carbonyl (C=O) groups is 2. The molecule has 0 saturated carbocycles. The lowest BCUT2D eigenvalue weighted by atomic mass is 10.0. The van der Waals surface area contributed by atoms with E-state index < -0.39 is 17.8 Å². The quantitative estimate of drug-likeness (QED) is 0.540.